The van der Waals surface area contributed by atoms with E-state index in [1.165, 1.54) is 6.07 Å². The van der Waals surface area contributed by atoms with E-state index in [0.29, 0.717) is 26.3 Å². The highest BCUT2D eigenvalue weighted by Crippen LogP contribution is 2.30. The quantitative estimate of drug-likeness (QED) is 0.936. The average Bonchev–Trinajstić information content (AvgIpc) is 2.72. The highest BCUT2D eigenvalue weighted by atomic mass is 19.1. The van der Waals surface area contributed by atoms with Gasteiger partial charge in [-0.05, 0) is 35.4 Å². The molecule has 3 nitrogen and oxygen atoms in total. The van der Waals surface area contributed by atoms with Gasteiger partial charge in [-0.2, -0.15) is 0 Å². The first-order valence-corrected chi connectivity index (χ1v) is 7.15. The molecule has 0 saturated heterocycles. The van der Waals surface area contributed by atoms with E-state index < -0.39 is 0 Å². The second kappa shape index (κ2) is 6.59. The average molecular weight is 287 g/mol. The van der Waals surface area contributed by atoms with Gasteiger partial charge >= 0.3 is 0 Å². The zero-order valence-corrected chi connectivity index (χ0v) is 11.8. The van der Waals surface area contributed by atoms with Crippen molar-refractivity contribution >= 4 is 0 Å². The van der Waals surface area contributed by atoms with Crippen molar-refractivity contribution in [2.45, 2.75) is 19.5 Å². The van der Waals surface area contributed by atoms with E-state index in [2.05, 4.69) is 5.32 Å². The second-order valence-corrected chi connectivity index (χ2v) is 5.07. The zero-order chi connectivity index (χ0) is 14.5. The van der Waals surface area contributed by atoms with Crippen molar-refractivity contribution in [3.05, 3.63) is 59.4 Å². The van der Waals surface area contributed by atoms with Crippen LogP contribution in [0.15, 0.2) is 42.5 Å². The zero-order valence-electron chi connectivity index (χ0n) is 11.8. The monoisotopic (exact) mass is 287 g/mol. The minimum atomic E-state index is -0.204. The van der Waals surface area contributed by atoms with Gasteiger partial charge in [-0.25, -0.2) is 4.39 Å². The summed E-state index contributed by atoms with van der Waals surface area (Å²) < 4.78 is 24.4. The highest BCUT2D eigenvalue weighted by molar-refractivity contribution is 5.43. The van der Waals surface area contributed by atoms with Crippen molar-refractivity contribution in [2.24, 2.45) is 0 Å². The molecule has 110 valence electrons. The summed E-state index contributed by atoms with van der Waals surface area (Å²) >= 11 is 0. The Morgan fingerprint density at radius 2 is 1.67 bits per heavy atom. The van der Waals surface area contributed by atoms with Crippen LogP contribution in [0.4, 0.5) is 4.39 Å². The number of hydrogen-bond acceptors (Lipinski definition) is 3. The summed E-state index contributed by atoms with van der Waals surface area (Å²) in [6.45, 7) is 2.72. The largest absolute Gasteiger partial charge is 0.490 e. The summed E-state index contributed by atoms with van der Waals surface area (Å²) in [6.07, 6.45) is 0.905. The van der Waals surface area contributed by atoms with Crippen LogP contribution in [0.3, 0.4) is 0 Å². The lowest BCUT2D eigenvalue weighted by molar-refractivity contribution is 0.297. The van der Waals surface area contributed by atoms with Crippen molar-refractivity contribution in [1.82, 2.24) is 5.32 Å². The third-order valence-corrected chi connectivity index (χ3v) is 3.36. The molecule has 0 bridgehead atoms. The maximum absolute atomic E-state index is 13.1. The molecule has 0 aromatic heterocycles. The molecule has 1 aliphatic rings. The Morgan fingerprint density at radius 3 is 2.48 bits per heavy atom. The Hall–Kier alpha value is -2.07. The summed E-state index contributed by atoms with van der Waals surface area (Å²) in [5, 5.41) is 3.30. The van der Waals surface area contributed by atoms with Crippen LogP contribution >= 0.6 is 0 Å². The molecule has 0 aliphatic carbocycles. The highest BCUT2D eigenvalue weighted by Gasteiger charge is 2.10. The summed E-state index contributed by atoms with van der Waals surface area (Å²) in [6, 6.07) is 12.6. The van der Waals surface area contributed by atoms with Crippen molar-refractivity contribution in [3.63, 3.8) is 0 Å². The van der Waals surface area contributed by atoms with E-state index >= 15 is 0 Å². The Balaban J connectivity index is 1.59. The molecule has 0 radical (unpaired) electrons. The summed E-state index contributed by atoms with van der Waals surface area (Å²) in [5.74, 6) is 1.41. The molecule has 2 aromatic carbocycles. The predicted octanol–water partition coefficient (Wildman–Crippen LogP) is 3.28. The van der Waals surface area contributed by atoms with E-state index in [0.717, 1.165) is 29.0 Å². The molecule has 21 heavy (non-hydrogen) atoms. The van der Waals surface area contributed by atoms with E-state index in [9.17, 15) is 4.39 Å². The standard InChI is InChI=1S/C17H18FNO2/c18-15-4-1-3-13(9-15)11-19-12-14-5-6-16-17(10-14)21-8-2-7-20-16/h1,3-6,9-10,19H,2,7-8,11-12H2. The van der Waals surface area contributed by atoms with Crippen LogP contribution in [0.25, 0.3) is 0 Å². The molecular weight excluding hydrogens is 269 g/mol. The van der Waals surface area contributed by atoms with Crippen LogP contribution in [-0.2, 0) is 13.1 Å². The number of nitrogens with one attached hydrogen (secondary N) is 1. The molecule has 1 heterocycles. The molecule has 0 fully saturated rings. The molecule has 0 amide bonds. The number of fused-ring (bicyclic) bond motifs is 1. The minimum Gasteiger partial charge on any atom is -0.490 e. The first-order chi connectivity index (χ1) is 10.3. The van der Waals surface area contributed by atoms with E-state index in [-0.39, 0.29) is 5.82 Å². The van der Waals surface area contributed by atoms with Gasteiger partial charge in [-0.1, -0.05) is 18.2 Å². The molecule has 0 unspecified atom stereocenters. The lowest BCUT2D eigenvalue weighted by Gasteiger charge is -2.10. The van der Waals surface area contributed by atoms with Crippen molar-refractivity contribution in [3.8, 4) is 11.5 Å². The number of halogens is 1. The Morgan fingerprint density at radius 1 is 0.905 bits per heavy atom. The van der Waals surface area contributed by atoms with E-state index in [4.69, 9.17) is 9.47 Å². The van der Waals surface area contributed by atoms with Crippen LogP contribution in [0.1, 0.15) is 17.5 Å². The van der Waals surface area contributed by atoms with Gasteiger partial charge in [0.1, 0.15) is 5.82 Å². The molecule has 4 heteroatoms. The van der Waals surface area contributed by atoms with Crippen LogP contribution in [0, 0.1) is 5.82 Å². The van der Waals surface area contributed by atoms with Gasteiger partial charge in [-0.3, -0.25) is 0 Å². The van der Waals surface area contributed by atoms with Crippen molar-refractivity contribution < 1.29 is 13.9 Å². The molecule has 1 N–H and O–H groups in total. The third-order valence-electron chi connectivity index (χ3n) is 3.36. The van der Waals surface area contributed by atoms with Gasteiger partial charge in [0, 0.05) is 19.5 Å². The fourth-order valence-corrected chi connectivity index (χ4v) is 2.32. The molecule has 2 aromatic rings. The van der Waals surface area contributed by atoms with Crippen LogP contribution in [0.2, 0.25) is 0 Å². The number of hydrogen-bond donors (Lipinski definition) is 1. The fourth-order valence-electron chi connectivity index (χ4n) is 2.32. The first kappa shape index (κ1) is 13.9. The maximum Gasteiger partial charge on any atom is 0.161 e. The fraction of sp³-hybridized carbons (Fsp3) is 0.294. The molecule has 0 spiro atoms. The number of benzene rings is 2. The van der Waals surface area contributed by atoms with Crippen LogP contribution < -0.4 is 14.8 Å². The molecule has 1 aliphatic heterocycles. The Labute approximate surface area is 123 Å². The SMILES string of the molecule is Fc1cccc(CNCc2ccc3c(c2)OCCCO3)c1. The summed E-state index contributed by atoms with van der Waals surface area (Å²) in [5.41, 5.74) is 2.06. The Bertz CT molecular complexity index is 615. The van der Waals surface area contributed by atoms with Gasteiger partial charge in [0.2, 0.25) is 0 Å². The summed E-state index contributed by atoms with van der Waals surface area (Å²) in [4.78, 5) is 0. The summed E-state index contributed by atoms with van der Waals surface area (Å²) in [7, 11) is 0. The lowest BCUT2D eigenvalue weighted by atomic mass is 10.2. The number of rotatable bonds is 4. The minimum absolute atomic E-state index is 0.204. The van der Waals surface area contributed by atoms with Gasteiger partial charge in [-0.15, -0.1) is 0 Å². The molecule has 0 saturated carbocycles. The van der Waals surface area contributed by atoms with E-state index in [1.807, 2.05) is 24.3 Å². The number of ether oxygens (including phenoxy) is 2. The van der Waals surface area contributed by atoms with Gasteiger partial charge < -0.3 is 14.8 Å². The second-order valence-electron chi connectivity index (χ2n) is 5.07. The molecular formula is C17H18FNO2. The smallest absolute Gasteiger partial charge is 0.161 e. The third kappa shape index (κ3) is 3.73. The normalized spacial score (nSPS) is 13.8. The van der Waals surface area contributed by atoms with Gasteiger partial charge in [0.05, 0.1) is 13.2 Å². The van der Waals surface area contributed by atoms with Crippen molar-refractivity contribution in [1.29, 1.82) is 0 Å². The van der Waals surface area contributed by atoms with Crippen LogP contribution in [-0.4, -0.2) is 13.2 Å². The first-order valence-electron chi connectivity index (χ1n) is 7.15. The van der Waals surface area contributed by atoms with Gasteiger partial charge in [0.15, 0.2) is 11.5 Å². The predicted molar refractivity (Wildman–Crippen MR) is 79.0 cm³/mol. The Kier molecular flexibility index (Phi) is 4.36. The van der Waals surface area contributed by atoms with Crippen molar-refractivity contribution in [2.75, 3.05) is 13.2 Å². The molecule has 0 atom stereocenters. The van der Waals surface area contributed by atoms with Crippen LogP contribution in [0.5, 0.6) is 11.5 Å². The van der Waals surface area contributed by atoms with Gasteiger partial charge in [0.25, 0.3) is 0 Å². The topological polar surface area (TPSA) is 30.5 Å². The lowest BCUT2D eigenvalue weighted by Crippen LogP contribution is -2.12. The maximum atomic E-state index is 13.1. The van der Waals surface area contributed by atoms with E-state index in [1.54, 1.807) is 12.1 Å². The molecule has 3 rings (SSSR count).